The summed E-state index contributed by atoms with van der Waals surface area (Å²) in [4.78, 5) is 24.1. The van der Waals surface area contributed by atoms with Gasteiger partial charge in [-0.05, 0) is 18.6 Å². The minimum absolute atomic E-state index is 0.0174. The average molecular weight is 257 g/mol. The van der Waals surface area contributed by atoms with Crippen molar-refractivity contribution in [3.63, 3.8) is 0 Å². The van der Waals surface area contributed by atoms with E-state index in [1.165, 1.54) is 37.0 Å². The van der Waals surface area contributed by atoms with Gasteiger partial charge in [-0.2, -0.15) is 12.6 Å². The predicted octanol–water partition coefficient (Wildman–Crippen LogP) is 2.80. The lowest BCUT2D eigenvalue weighted by molar-refractivity contribution is -0.138. The first-order valence-electron chi connectivity index (χ1n) is 6.70. The number of thiol groups is 1. The highest BCUT2D eigenvalue weighted by atomic mass is 32.1. The Hall–Kier alpha value is -0.510. The van der Waals surface area contributed by atoms with Gasteiger partial charge in [0.05, 0.1) is 0 Å². The second kappa shape index (κ2) is 8.56. The Morgan fingerprint density at radius 2 is 1.29 bits per heavy atom. The van der Waals surface area contributed by atoms with Crippen molar-refractivity contribution >= 4 is 24.4 Å². The number of carbonyl (C=O) groups excluding carboxylic acids is 2. The molecule has 1 fully saturated rings. The Morgan fingerprint density at radius 1 is 0.824 bits per heavy atom. The quantitative estimate of drug-likeness (QED) is 0.392. The van der Waals surface area contributed by atoms with Gasteiger partial charge in [0.15, 0.2) is 0 Å². The molecule has 0 N–H and O–H groups in total. The molecule has 1 aliphatic rings. The zero-order valence-corrected chi connectivity index (χ0v) is 11.4. The molecule has 0 unspecified atom stereocenters. The third-order valence-electron chi connectivity index (χ3n) is 3.19. The van der Waals surface area contributed by atoms with Crippen LogP contribution in [-0.2, 0) is 9.59 Å². The Morgan fingerprint density at radius 3 is 1.82 bits per heavy atom. The molecule has 0 aliphatic carbocycles. The van der Waals surface area contributed by atoms with E-state index in [1.807, 2.05) is 0 Å². The highest BCUT2D eigenvalue weighted by molar-refractivity contribution is 7.80. The van der Waals surface area contributed by atoms with Gasteiger partial charge in [0, 0.05) is 19.4 Å². The van der Waals surface area contributed by atoms with Gasteiger partial charge >= 0.3 is 0 Å². The van der Waals surface area contributed by atoms with Crippen LogP contribution in [0.15, 0.2) is 0 Å². The van der Waals surface area contributed by atoms with Crippen molar-refractivity contribution in [1.29, 1.82) is 0 Å². The Bertz CT molecular complexity index is 240. The molecule has 0 aromatic rings. The highest BCUT2D eigenvalue weighted by Gasteiger charge is 2.27. The van der Waals surface area contributed by atoms with Crippen molar-refractivity contribution in [1.82, 2.24) is 4.90 Å². The summed E-state index contributed by atoms with van der Waals surface area (Å²) in [5.74, 6) is 1.02. The van der Waals surface area contributed by atoms with E-state index in [4.69, 9.17) is 0 Å². The monoisotopic (exact) mass is 257 g/mol. The van der Waals surface area contributed by atoms with E-state index in [1.54, 1.807) is 0 Å². The third-order valence-corrected chi connectivity index (χ3v) is 3.51. The van der Waals surface area contributed by atoms with Gasteiger partial charge in [-0.3, -0.25) is 14.5 Å². The van der Waals surface area contributed by atoms with Crippen LogP contribution in [0.3, 0.4) is 0 Å². The second-order valence-electron chi connectivity index (χ2n) is 4.64. The maximum Gasteiger partial charge on any atom is 0.229 e. The fraction of sp³-hybridized carbons (Fsp3) is 0.846. The fourth-order valence-electron chi connectivity index (χ4n) is 2.14. The van der Waals surface area contributed by atoms with Gasteiger partial charge in [-0.1, -0.05) is 32.1 Å². The summed E-state index contributed by atoms with van der Waals surface area (Å²) in [5.41, 5.74) is 0. The molecule has 17 heavy (non-hydrogen) atoms. The van der Waals surface area contributed by atoms with Crippen LogP contribution < -0.4 is 0 Å². The molecule has 1 heterocycles. The lowest BCUT2D eigenvalue weighted by Gasteiger charge is -2.12. The summed E-state index contributed by atoms with van der Waals surface area (Å²) in [6, 6.07) is 0. The minimum Gasteiger partial charge on any atom is -0.283 e. The SMILES string of the molecule is O=C1CCC(=O)N1CCCCCCCCCS. The Balaban J connectivity index is 1.93. The summed E-state index contributed by atoms with van der Waals surface area (Å²) in [7, 11) is 0. The molecule has 1 aliphatic heterocycles. The van der Waals surface area contributed by atoms with E-state index in [0.717, 1.165) is 18.6 Å². The van der Waals surface area contributed by atoms with Gasteiger partial charge < -0.3 is 0 Å². The van der Waals surface area contributed by atoms with Crippen LogP contribution in [0.25, 0.3) is 0 Å². The zero-order valence-electron chi connectivity index (χ0n) is 10.5. The topological polar surface area (TPSA) is 37.4 Å². The van der Waals surface area contributed by atoms with E-state index >= 15 is 0 Å². The van der Waals surface area contributed by atoms with Crippen LogP contribution in [0, 0.1) is 0 Å². The summed E-state index contributed by atoms with van der Waals surface area (Å²) in [6.45, 7) is 0.633. The van der Waals surface area contributed by atoms with Crippen molar-refractivity contribution in [2.24, 2.45) is 0 Å². The van der Waals surface area contributed by atoms with E-state index in [9.17, 15) is 9.59 Å². The molecule has 0 saturated carbocycles. The molecule has 4 heteroatoms. The molecule has 0 aromatic heterocycles. The number of hydrogen-bond acceptors (Lipinski definition) is 3. The molecule has 98 valence electrons. The van der Waals surface area contributed by atoms with E-state index in [0.29, 0.717) is 19.4 Å². The number of carbonyl (C=O) groups is 2. The Kier molecular flexibility index (Phi) is 7.33. The number of unbranched alkanes of at least 4 members (excludes halogenated alkanes) is 6. The van der Waals surface area contributed by atoms with E-state index in [-0.39, 0.29) is 11.8 Å². The number of imide groups is 1. The average Bonchev–Trinajstić information content (AvgIpc) is 2.63. The van der Waals surface area contributed by atoms with Gasteiger partial charge in [-0.15, -0.1) is 0 Å². The van der Waals surface area contributed by atoms with Gasteiger partial charge in [0.1, 0.15) is 0 Å². The van der Waals surface area contributed by atoms with E-state index < -0.39 is 0 Å². The smallest absolute Gasteiger partial charge is 0.229 e. The summed E-state index contributed by atoms with van der Waals surface area (Å²) < 4.78 is 0. The minimum atomic E-state index is 0.0174. The van der Waals surface area contributed by atoms with Crippen LogP contribution in [0.2, 0.25) is 0 Å². The first-order chi connectivity index (χ1) is 8.25. The fourth-order valence-corrected chi connectivity index (χ4v) is 2.36. The molecule has 0 bridgehead atoms. The first-order valence-corrected chi connectivity index (χ1v) is 7.33. The molecule has 1 rings (SSSR count). The van der Waals surface area contributed by atoms with Gasteiger partial charge in [-0.25, -0.2) is 0 Å². The number of amides is 2. The zero-order chi connectivity index (χ0) is 12.5. The van der Waals surface area contributed by atoms with Crippen molar-refractivity contribution in [3.05, 3.63) is 0 Å². The first kappa shape index (κ1) is 14.6. The second-order valence-corrected chi connectivity index (χ2v) is 5.08. The van der Waals surface area contributed by atoms with E-state index in [2.05, 4.69) is 12.6 Å². The number of nitrogens with zero attached hydrogens (tertiary/aromatic N) is 1. The maximum atomic E-state index is 11.3. The van der Waals surface area contributed by atoms with Crippen LogP contribution in [-0.4, -0.2) is 29.0 Å². The Labute approximate surface area is 109 Å². The summed E-state index contributed by atoms with van der Waals surface area (Å²) >= 11 is 4.18. The van der Waals surface area contributed by atoms with Gasteiger partial charge in [0.2, 0.25) is 11.8 Å². The number of hydrogen-bond donors (Lipinski definition) is 1. The van der Waals surface area contributed by atoms with Crippen LogP contribution >= 0.6 is 12.6 Å². The van der Waals surface area contributed by atoms with Crippen molar-refractivity contribution in [3.8, 4) is 0 Å². The van der Waals surface area contributed by atoms with Crippen LogP contribution in [0.1, 0.15) is 57.8 Å². The maximum absolute atomic E-state index is 11.3. The molecule has 0 atom stereocenters. The number of likely N-dealkylation sites (tertiary alicyclic amines) is 1. The highest BCUT2D eigenvalue weighted by Crippen LogP contribution is 2.14. The standard InChI is InChI=1S/C13H23NO2S/c15-12-8-9-13(16)14(12)10-6-4-2-1-3-5-7-11-17/h17H,1-11H2. The molecule has 0 spiro atoms. The van der Waals surface area contributed by atoms with Crippen molar-refractivity contribution in [2.45, 2.75) is 57.8 Å². The predicted molar refractivity (Wildman–Crippen MR) is 72.1 cm³/mol. The third kappa shape index (κ3) is 5.57. The molecule has 0 radical (unpaired) electrons. The number of rotatable bonds is 9. The van der Waals surface area contributed by atoms with Crippen molar-refractivity contribution < 1.29 is 9.59 Å². The molecule has 1 saturated heterocycles. The molecule has 0 aromatic carbocycles. The summed E-state index contributed by atoms with van der Waals surface area (Å²) in [5, 5.41) is 0. The lowest BCUT2D eigenvalue weighted by atomic mass is 10.1. The molecule has 3 nitrogen and oxygen atoms in total. The molecular weight excluding hydrogens is 234 g/mol. The van der Waals surface area contributed by atoms with Crippen LogP contribution in [0.4, 0.5) is 0 Å². The van der Waals surface area contributed by atoms with Gasteiger partial charge in [0.25, 0.3) is 0 Å². The molecule has 2 amide bonds. The van der Waals surface area contributed by atoms with Crippen molar-refractivity contribution in [2.75, 3.05) is 12.3 Å². The molecular formula is C13H23NO2S. The normalized spacial score (nSPS) is 15.9. The summed E-state index contributed by atoms with van der Waals surface area (Å²) in [6.07, 6.45) is 9.15. The largest absolute Gasteiger partial charge is 0.283 e. The van der Waals surface area contributed by atoms with Crippen LogP contribution in [0.5, 0.6) is 0 Å². The lowest BCUT2D eigenvalue weighted by Crippen LogP contribution is -2.29.